The number of nitrogens with two attached hydrogens (primary N) is 1. The number of benzene rings is 1. The minimum absolute atomic E-state index is 0.109. The highest BCUT2D eigenvalue weighted by Gasteiger charge is 2.30. The number of anilines is 1. The fourth-order valence-electron chi connectivity index (χ4n) is 4.45. The lowest BCUT2D eigenvalue weighted by Gasteiger charge is -2.30. The normalized spacial score (nSPS) is 14.9. The molecule has 164 valence electrons. The lowest BCUT2D eigenvalue weighted by molar-refractivity contribution is 0.131. The number of amides is 1. The van der Waals surface area contributed by atoms with Crippen LogP contribution in [0.2, 0.25) is 0 Å². The number of aryl methyl sites for hydroxylation is 1. The first-order chi connectivity index (χ1) is 15.4. The summed E-state index contributed by atoms with van der Waals surface area (Å²) in [6, 6.07) is 9.94. The minimum atomic E-state index is -0.898. The van der Waals surface area contributed by atoms with Crippen LogP contribution in [0.3, 0.4) is 0 Å². The fraction of sp³-hybridized carbons (Fsp3) is 0.273. The summed E-state index contributed by atoms with van der Waals surface area (Å²) in [6.45, 7) is 0.919. The molecule has 0 aliphatic carbocycles. The summed E-state index contributed by atoms with van der Waals surface area (Å²) in [5.74, 6) is 0.166. The van der Waals surface area contributed by atoms with E-state index in [2.05, 4.69) is 4.98 Å². The Balaban J connectivity index is 1.66. The van der Waals surface area contributed by atoms with Gasteiger partial charge in [0.2, 0.25) is 0 Å². The third kappa shape index (κ3) is 3.43. The number of fused-ring (bicyclic) bond motifs is 1. The Labute approximate surface area is 182 Å². The summed E-state index contributed by atoms with van der Waals surface area (Å²) >= 11 is 0. The maximum atomic E-state index is 13.6. The molecule has 10 heteroatoms. The number of nitrogen functional groups attached to an aromatic ring is 1. The molecule has 0 spiro atoms. The standard InChI is InChI=1S/C22H22FN7O2/c1-28-21(14-8-10-29(11-9-14)22(31)32)19(20(27-28)13-2-4-15(23)5-3-13)16-6-7-18-25-17(24)12-30(18)26-16/h2-7,12,14H,8-11,24H2,1H3,(H,31,32). The van der Waals surface area contributed by atoms with Gasteiger partial charge in [-0.3, -0.25) is 4.68 Å². The second-order valence-electron chi connectivity index (χ2n) is 7.97. The van der Waals surface area contributed by atoms with Crippen molar-refractivity contribution in [3.8, 4) is 22.5 Å². The van der Waals surface area contributed by atoms with E-state index in [0.29, 0.717) is 48.8 Å². The fourth-order valence-corrected chi connectivity index (χ4v) is 4.45. The molecule has 0 radical (unpaired) electrons. The van der Waals surface area contributed by atoms with Crippen molar-refractivity contribution in [1.82, 2.24) is 29.3 Å². The number of nitrogens with zero attached hydrogens (tertiary/aromatic N) is 6. The average Bonchev–Trinajstić information content (AvgIpc) is 3.32. The molecule has 0 saturated carbocycles. The predicted molar refractivity (Wildman–Crippen MR) is 117 cm³/mol. The second-order valence-corrected chi connectivity index (χ2v) is 7.97. The van der Waals surface area contributed by atoms with E-state index in [1.807, 2.05) is 23.9 Å². The van der Waals surface area contributed by atoms with Crippen LogP contribution in [0.4, 0.5) is 15.0 Å². The number of carboxylic acid groups (broad SMARTS) is 1. The molecule has 0 atom stereocenters. The van der Waals surface area contributed by atoms with E-state index >= 15 is 0 Å². The van der Waals surface area contributed by atoms with Gasteiger partial charge in [0.25, 0.3) is 0 Å². The smallest absolute Gasteiger partial charge is 0.407 e. The first-order valence-corrected chi connectivity index (χ1v) is 10.3. The Morgan fingerprint density at radius 1 is 1.12 bits per heavy atom. The van der Waals surface area contributed by atoms with Gasteiger partial charge in [0.1, 0.15) is 17.3 Å². The quantitative estimate of drug-likeness (QED) is 0.510. The molecule has 5 rings (SSSR count). The zero-order chi connectivity index (χ0) is 22.4. The Morgan fingerprint density at radius 3 is 2.53 bits per heavy atom. The van der Waals surface area contributed by atoms with Crippen molar-refractivity contribution in [2.75, 3.05) is 18.8 Å². The average molecular weight is 435 g/mol. The van der Waals surface area contributed by atoms with E-state index in [-0.39, 0.29) is 11.7 Å². The number of rotatable bonds is 3. The van der Waals surface area contributed by atoms with Crippen LogP contribution in [-0.4, -0.2) is 53.6 Å². The van der Waals surface area contributed by atoms with E-state index in [1.54, 1.807) is 22.8 Å². The van der Waals surface area contributed by atoms with Crippen LogP contribution in [0.25, 0.3) is 28.2 Å². The molecule has 0 bridgehead atoms. The van der Waals surface area contributed by atoms with Gasteiger partial charge in [-0.2, -0.15) is 10.2 Å². The largest absolute Gasteiger partial charge is 0.465 e. The molecule has 0 unspecified atom stereocenters. The van der Waals surface area contributed by atoms with Gasteiger partial charge in [-0.05, 0) is 49.2 Å². The van der Waals surface area contributed by atoms with Gasteiger partial charge in [0, 0.05) is 31.6 Å². The number of halogens is 1. The molecule has 4 aromatic rings. The number of likely N-dealkylation sites (tertiary alicyclic amines) is 1. The summed E-state index contributed by atoms with van der Waals surface area (Å²) in [7, 11) is 1.88. The molecule has 4 heterocycles. The zero-order valence-electron chi connectivity index (χ0n) is 17.4. The van der Waals surface area contributed by atoms with Crippen LogP contribution in [0, 0.1) is 5.82 Å². The molecule has 9 nitrogen and oxygen atoms in total. The minimum Gasteiger partial charge on any atom is -0.465 e. The molecule has 1 aliphatic heterocycles. The molecule has 1 aromatic carbocycles. The van der Waals surface area contributed by atoms with Gasteiger partial charge in [-0.25, -0.2) is 18.7 Å². The summed E-state index contributed by atoms with van der Waals surface area (Å²) in [4.78, 5) is 17.0. The lowest BCUT2D eigenvalue weighted by Crippen LogP contribution is -2.37. The van der Waals surface area contributed by atoms with Crippen LogP contribution in [0.1, 0.15) is 24.5 Å². The molecule has 1 saturated heterocycles. The summed E-state index contributed by atoms with van der Waals surface area (Å²) in [5, 5.41) is 18.8. The number of hydrogen-bond acceptors (Lipinski definition) is 5. The van der Waals surface area contributed by atoms with Crippen molar-refractivity contribution < 1.29 is 14.3 Å². The van der Waals surface area contributed by atoms with E-state index in [9.17, 15) is 14.3 Å². The highest BCUT2D eigenvalue weighted by Crippen LogP contribution is 2.40. The highest BCUT2D eigenvalue weighted by atomic mass is 19.1. The third-order valence-corrected chi connectivity index (χ3v) is 5.96. The Kier molecular flexibility index (Phi) is 4.76. The summed E-state index contributed by atoms with van der Waals surface area (Å²) < 4.78 is 17.0. The van der Waals surface area contributed by atoms with Crippen molar-refractivity contribution in [3.63, 3.8) is 0 Å². The Morgan fingerprint density at radius 2 is 1.84 bits per heavy atom. The third-order valence-electron chi connectivity index (χ3n) is 5.96. The maximum absolute atomic E-state index is 13.6. The number of piperidine rings is 1. The lowest BCUT2D eigenvalue weighted by atomic mass is 9.88. The molecule has 32 heavy (non-hydrogen) atoms. The molecule has 1 fully saturated rings. The van der Waals surface area contributed by atoms with Crippen molar-refractivity contribution in [3.05, 3.63) is 54.1 Å². The van der Waals surface area contributed by atoms with Crippen molar-refractivity contribution in [2.45, 2.75) is 18.8 Å². The monoisotopic (exact) mass is 435 g/mol. The van der Waals surface area contributed by atoms with E-state index < -0.39 is 6.09 Å². The molecule has 3 aromatic heterocycles. The SMILES string of the molecule is Cn1nc(-c2ccc(F)cc2)c(-c2ccc3nc(N)cn3n2)c1C1CCN(C(=O)O)CC1. The van der Waals surface area contributed by atoms with E-state index in [0.717, 1.165) is 16.8 Å². The number of hydrogen-bond donors (Lipinski definition) is 2. The first-order valence-electron chi connectivity index (χ1n) is 10.3. The van der Waals surface area contributed by atoms with Crippen molar-refractivity contribution in [2.24, 2.45) is 7.05 Å². The van der Waals surface area contributed by atoms with E-state index in [1.165, 1.54) is 17.0 Å². The highest BCUT2D eigenvalue weighted by molar-refractivity contribution is 5.81. The number of carbonyl (C=O) groups is 1. The maximum Gasteiger partial charge on any atom is 0.407 e. The summed E-state index contributed by atoms with van der Waals surface area (Å²) in [5.41, 5.74) is 10.5. The number of aromatic nitrogens is 5. The molecular weight excluding hydrogens is 413 g/mol. The predicted octanol–water partition coefficient (Wildman–Crippen LogP) is 3.38. The van der Waals surface area contributed by atoms with Crippen LogP contribution < -0.4 is 5.73 Å². The first kappa shape index (κ1) is 20.0. The summed E-state index contributed by atoms with van der Waals surface area (Å²) in [6.07, 6.45) is 2.12. The molecular formula is C22H22FN7O2. The van der Waals surface area contributed by atoms with Crippen LogP contribution in [0.5, 0.6) is 0 Å². The van der Waals surface area contributed by atoms with Gasteiger partial charge in [0.05, 0.1) is 23.1 Å². The Hall–Kier alpha value is -3.95. The van der Waals surface area contributed by atoms with E-state index in [4.69, 9.17) is 15.9 Å². The van der Waals surface area contributed by atoms with Gasteiger partial charge in [-0.15, -0.1) is 0 Å². The topological polar surface area (TPSA) is 115 Å². The molecule has 1 amide bonds. The van der Waals surface area contributed by atoms with Gasteiger partial charge < -0.3 is 15.7 Å². The molecule has 1 aliphatic rings. The van der Waals surface area contributed by atoms with Gasteiger partial charge in [-0.1, -0.05) is 0 Å². The number of imidazole rings is 1. The molecule has 3 N–H and O–H groups in total. The Bertz CT molecular complexity index is 1300. The second kappa shape index (κ2) is 7.63. The van der Waals surface area contributed by atoms with Gasteiger partial charge >= 0.3 is 6.09 Å². The zero-order valence-corrected chi connectivity index (χ0v) is 17.4. The van der Waals surface area contributed by atoms with Gasteiger partial charge in [0.15, 0.2) is 5.65 Å². The van der Waals surface area contributed by atoms with Crippen molar-refractivity contribution >= 4 is 17.6 Å². The van der Waals surface area contributed by atoms with Crippen LogP contribution >= 0.6 is 0 Å². The van der Waals surface area contributed by atoms with Crippen LogP contribution in [0.15, 0.2) is 42.6 Å². The van der Waals surface area contributed by atoms with Crippen molar-refractivity contribution in [1.29, 1.82) is 0 Å². The van der Waals surface area contributed by atoms with Crippen LogP contribution in [-0.2, 0) is 7.05 Å².